The van der Waals surface area contributed by atoms with Gasteiger partial charge >= 0.3 is 0 Å². The van der Waals surface area contributed by atoms with Crippen LogP contribution in [0.5, 0.6) is 0 Å². The summed E-state index contributed by atoms with van der Waals surface area (Å²) in [6.07, 6.45) is 0.342. The van der Waals surface area contributed by atoms with Crippen molar-refractivity contribution in [3.05, 3.63) is 71.3 Å². The number of nitrogens with zero attached hydrogens (tertiary/aromatic N) is 4. The maximum atomic E-state index is 13.2. The third-order valence-corrected chi connectivity index (χ3v) is 4.37. The molecule has 2 N–H and O–H groups in total. The van der Waals surface area contributed by atoms with E-state index in [9.17, 15) is 9.18 Å². The zero-order valence-electron chi connectivity index (χ0n) is 15.9. The standard InChI is InChI=1S/C20H23FN6O/c1-3-22-13-16-5-4-6-18(11-16)23-20(28)19(27-14(2)24-25-26-27)12-15-7-9-17(21)10-8-15/h4-11,19,22H,3,12-13H2,1-2H3,(H,23,28). The van der Waals surface area contributed by atoms with Gasteiger partial charge in [-0.3, -0.25) is 4.79 Å². The Bertz CT molecular complexity index is 924. The van der Waals surface area contributed by atoms with Gasteiger partial charge in [0.1, 0.15) is 17.7 Å². The lowest BCUT2D eigenvalue weighted by molar-refractivity contribution is -0.119. The molecule has 3 aromatic rings. The monoisotopic (exact) mass is 382 g/mol. The molecule has 0 saturated carbocycles. The summed E-state index contributed by atoms with van der Waals surface area (Å²) in [5, 5.41) is 17.7. The lowest BCUT2D eigenvalue weighted by Gasteiger charge is -2.18. The molecule has 0 fully saturated rings. The molecule has 0 spiro atoms. The third kappa shape index (κ3) is 4.98. The molecule has 7 nitrogen and oxygen atoms in total. The number of anilines is 1. The molecule has 28 heavy (non-hydrogen) atoms. The van der Waals surface area contributed by atoms with Crippen LogP contribution in [0.15, 0.2) is 48.5 Å². The molecule has 1 aromatic heterocycles. The van der Waals surface area contributed by atoms with Crippen molar-refractivity contribution < 1.29 is 9.18 Å². The molecule has 0 aliphatic carbocycles. The first kappa shape index (κ1) is 19.6. The van der Waals surface area contributed by atoms with Crippen LogP contribution in [0, 0.1) is 12.7 Å². The van der Waals surface area contributed by atoms with Crippen molar-refractivity contribution in [1.82, 2.24) is 25.5 Å². The molecule has 8 heteroatoms. The summed E-state index contributed by atoms with van der Waals surface area (Å²) in [6.45, 7) is 5.38. The number of aromatic nitrogens is 4. The normalized spacial score (nSPS) is 12.0. The van der Waals surface area contributed by atoms with Crippen molar-refractivity contribution in [2.75, 3.05) is 11.9 Å². The number of benzene rings is 2. The highest BCUT2D eigenvalue weighted by atomic mass is 19.1. The summed E-state index contributed by atoms with van der Waals surface area (Å²) in [5.41, 5.74) is 2.60. The Balaban J connectivity index is 1.80. The van der Waals surface area contributed by atoms with Crippen molar-refractivity contribution >= 4 is 11.6 Å². The van der Waals surface area contributed by atoms with E-state index in [4.69, 9.17) is 0 Å². The highest BCUT2D eigenvalue weighted by molar-refractivity contribution is 5.94. The van der Waals surface area contributed by atoms with E-state index < -0.39 is 6.04 Å². The first-order valence-corrected chi connectivity index (χ1v) is 9.16. The minimum Gasteiger partial charge on any atom is -0.324 e. The van der Waals surface area contributed by atoms with Gasteiger partial charge in [0, 0.05) is 18.7 Å². The number of carbonyl (C=O) groups is 1. The van der Waals surface area contributed by atoms with Crippen LogP contribution in [-0.4, -0.2) is 32.7 Å². The van der Waals surface area contributed by atoms with Gasteiger partial charge in [-0.2, -0.15) is 0 Å². The van der Waals surface area contributed by atoms with Crippen LogP contribution in [-0.2, 0) is 17.8 Å². The number of carbonyl (C=O) groups excluding carboxylic acids is 1. The van der Waals surface area contributed by atoms with Crippen LogP contribution in [0.1, 0.15) is 29.9 Å². The average molecular weight is 382 g/mol. The summed E-state index contributed by atoms with van der Waals surface area (Å²) < 4.78 is 14.7. The average Bonchev–Trinajstić information content (AvgIpc) is 3.11. The summed E-state index contributed by atoms with van der Waals surface area (Å²) in [5.74, 6) is -0.0238. The minimum atomic E-state index is -0.655. The zero-order valence-corrected chi connectivity index (χ0v) is 15.9. The van der Waals surface area contributed by atoms with Gasteiger partial charge in [-0.05, 0) is 59.3 Å². The number of rotatable bonds is 8. The topological polar surface area (TPSA) is 84.7 Å². The minimum absolute atomic E-state index is 0.236. The molecule has 1 heterocycles. The molecule has 0 saturated heterocycles. The number of aryl methyl sites for hydroxylation is 1. The van der Waals surface area contributed by atoms with E-state index in [1.54, 1.807) is 19.1 Å². The number of hydrogen-bond donors (Lipinski definition) is 2. The predicted octanol–water partition coefficient (Wildman–Crippen LogP) is 2.65. The van der Waals surface area contributed by atoms with Crippen LogP contribution < -0.4 is 10.6 Å². The largest absolute Gasteiger partial charge is 0.324 e. The number of nitrogens with one attached hydrogen (secondary N) is 2. The van der Waals surface area contributed by atoms with Gasteiger partial charge in [-0.15, -0.1) is 5.10 Å². The fourth-order valence-electron chi connectivity index (χ4n) is 2.91. The molecule has 1 atom stereocenters. The van der Waals surface area contributed by atoms with Crippen LogP contribution >= 0.6 is 0 Å². The lowest BCUT2D eigenvalue weighted by atomic mass is 10.0. The van der Waals surface area contributed by atoms with Gasteiger partial charge < -0.3 is 10.6 Å². The van der Waals surface area contributed by atoms with Crippen molar-refractivity contribution in [3.63, 3.8) is 0 Å². The van der Waals surface area contributed by atoms with E-state index in [2.05, 4.69) is 26.2 Å². The van der Waals surface area contributed by atoms with Crippen molar-refractivity contribution in [2.45, 2.75) is 32.9 Å². The van der Waals surface area contributed by atoms with Crippen molar-refractivity contribution in [1.29, 1.82) is 0 Å². The smallest absolute Gasteiger partial charge is 0.249 e. The fourth-order valence-corrected chi connectivity index (χ4v) is 2.91. The highest BCUT2D eigenvalue weighted by Crippen LogP contribution is 2.19. The molecular formula is C20H23FN6O. The molecule has 0 bridgehead atoms. The van der Waals surface area contributed by atoms with Gasteiger partial charge in [0.25, 0.3) is 0 Å². The number of amides is 1. The van der Waals surface area contributed by atoms with Crippen LogP contribution in [0.2, 0.25) is 0 Å². The Morgan fingerprint density at radius 2 is 1.96 bits per heavy atom. The van der Waals surface area contributed by atoms with Gasteiger partial charge in [0.2, 0.25) is 5.91 Å². The quantitative estimate of drug-likeness (QED) is 0.626. The van der Waals surface area contributed by atoms with Crippen LogP contribution in [0.25, 0.3) is 0 Å². The summed E-state index contributed by atoms with van der Waals surface area (Å²) >= 11 is 0. The Labute approximate surface area is 163 Å². The van der Waals surface area contributed by atoms with Crippen molar-refractivity contribution in [2.24, 2.45) is 0 Å². The Morgan fingerprint density at radius 3 is 2.64 bits per heavy atom. The van der Waals surface area contributed by atoms with E-state index in [-0.39, 0.29) is 11.7 Å². The summed E-state index contributed by atoms with van der Waals surface area (Å²) in [6, 6.07) is 13.1. The molecule has 0 radical (unpaired) electrons. The molecular weight excluding hydrogens is 359 g/mol. The van der Waals surface area contributed by atoms with E-state index in [0.29, 0.717) is 17.9 Å². The van der Waals surface area contributed by atoms with E-state index in [1.165, 1.54) is 16.8 Å². The maximum absolute atomic E-state index is 13.2. The van der Waals surface area contributed by atoms with Gasteiger partial charge in [0.15, 0.2) is 0 Å². The lowest BCUT2D eigenvalue weighted by Crippen LogP contribution is -2.29. The van der Waals surface area contributed by atoms with Crippen LogP contribution in [0.3, 0.4) is 0 Å². The number of tetrazole rings is 1. The molecule has 1 amide bonds. The molecule has 146 valence electrons. The van der Waals surface area contributed by atoms with Gasteiger partial charge in [0.05, 0.1) is 0 Å². The Kier molecular flexibility index (Phi) is 6.44. The Morgan fingerprint density at radius 1 is 1.18 bits per heavy atom. The second-order valence-corrected chi connectivity index (χ2v) is 6.49. The first-order chi connectivity index (χ1) is 13.6. The Hall–Kier alpha value is -3.13. The van der Waals surface area contributed by atoms with Crippen molar-refractivity contribution in [3.8, 4) is 0 Å². The maximum Gasteiger partial charge on any atom is 0.249 e. The fraction of sp³-hybridized carbons (Fsp3) is 0.300. The summed E-state index contributed by atoms with van der Waals surface area (Å²) in [7, 11) is 0. The van der Waals surface area contributed by atoms with E-state index >= 15 is 0 Å². The van der Waals surface area contributed by atoms with Gasteiger partial charge in [-0.1, -0.05) is 31.2 Å². The second-order valence-electron chi connectivity index (χ2n) is 6.49. The number of halogens is 1. The predicted molar refractivity (Wildman–Crippen MR) is 104 cm³/mol. The highest BCUT2D eigenvalue weighted by Gasteiger charge is 2.24. The molecule has 2 aromatic carbocycles. The van der Waals surface area contributed by atoms with E-state index in [0.717, 1.165) is 24.2 Å². The SMILES string of the molecule is CCNCc1cccc(NC(=O)C(Cc2ccc(F)cc2)n2nnnc2C)c1. The zero-order chi connectivity index (χ0) is 19.9. The number of hydrogen-bond acceptors (Lipinski definition) is 5. The molecule has 0 aliphatic heterocycles. The van der Waals surface area contributed by atoms with Gasteiger partial charge in [-0.25, -0.2) is 9.07 Å². The molecule has 3 rings (SSSR count). The summed E-state index contributed by atoms with van der Waals surface area (Å²) in [4.78, 5) is 13.0. The van der Waals surface area contributed by atoms with Crippen LogP contribution in [0.4, 0.5) is 10.1 Å². The first-order valence-electron chi connectivity index (χ1n) is 9.16. The van der Waals surface area contributed by atoms with E-state index in [1.807, 2.05) is 31.2 Å². The molecule has 1 unspecified atom stereocenters. The molecule has 0 aliphatic rings. The third-order valence-electron chi connectivity index (χ3n) is 4.37. The second kappa shape index (κ2) is 9.18.